The van der Waals surface area contributed by atoms with Crippen LogP contribution in [0.3, 0.4) is 0 Å². The molecular formula is C21H15BrN2O3. The summed E-state index contributed by atoms with van der Waals surface area (Å²) in [5.74, 6) is -0.266. The third-order valence-corrected chi connectivity index (χ3v) is 4.32. The summed E-state index contributed by atoms with van der Waals surface area (Å²) in [4.78, 5) is 23.3. The molecule has 0 aromatic heterocycles. The van der Waals surface area contributed by atoms with Crippen LogP contribution in [0.25, 0.3) is 11.6 Å². The van der Waals surface area contributed by atoms with Crippen LogP contribution in [-0.2, 0) is 4.79 Å². The molecule has 1 amide bonds. The van der Waals surface area contributed by atoms with E-state index in [1.54, 1.807) is 24.3 Å². The summed E-state index contributed by atoms with van der Waals surface area (Å²) in [5.41, 5.74) is 2.59. The van der Waals surface area contributed by atoms with Crippen LogP contribution in [0.1, 0.15) is 11.1 Å². The van der Waals surface area contributed by atoms with Gasteiger partial charge in [-0.3, -0.25) is 14.9 Å². The van der Waals surface area contributed by atoms with Gasteiger partial charge in [-0.2, -0.15) is 0 Å². The van der Waals surface area contributed by atoms with E-state index in [1.807, 2.05) is 48.5 Å². The number of nitrogens with one attached hydrogen (secondary N) is 1. The van der Waals surface area contributed by atoms with Crippen LogP contribution in [0.5, 0.6) is 0 Å². The second-order valence-corrected chi connectivity index (χ2v) is 6.65. The lowest BCUT2D eigenvalue weighted by Crippen LogP contribution is -2.13. The highest BCUT2D eigenvalue weighted by atomic mass is 79.9. The molecule has 134 valence electrons. The van der Waals surface area contributed by atoms with Gasteiger partial charge < -0.3 is 5.32 Å². The Labute approximate surface area is 164 Å². The van der Waals surface area contributed by atoms with Crippen molar-refractivity contribution in [2.45, 2.75) is 0 Å². The van der Waals surface area contributed by atoms with Gasteiger partial charge in [0.2, 0.25) is 0 Å². The molecular weight excluding hydrogens is 408 g/mol. The number of nitro benzene ring substituents is 1. The van der Waals surface area contributed by atoms with Gasteiger partial charge in [-0.1, -0.05) is 52.3 Å². The number of amides is 1. The Morgan fingerprint density at radius 2 is 1.67 bits per heavy atom. The SMILES string of the molecule is O=C(Nc1cccc(Br)c1)/C(=C/c1ccc([N+](=O)[O-])cc1)c1ccccc1. The Morgan fingerprint density at radius 3 is 2.30 bits per heavy atom. The summed E-state index contributed by atoms with van der Waals surface area (Å²) in [5, 5.41) is 13.7. The molecule has 1 N–H and O–H groups in total. The zero-order valence-corrected chi connectivity index (χ0v) is 15.7. The molecule has 0 radical (unpaired) electrons. The van der Waals surface area contributed by atoms with Gasteiger partial charge in [0, 0.05) is 27.9 Å². The Kier molecular flexibility index (Phi) is 5.78. The molecule has 5 nitrogen and oxygen atoms in total. The van der Waals surface area contributed by atoms with Gasteiger partial charge in [0.1, 0.15) is 0 Å². The van der Waals surface area contributed by atoms with Crippen LogP contribution >= 0.6 is 15.9 Å². The van der Waals surface area contributed by atoms with Crippen LogP contribution in [0.2, 0.25) is 0 Å². The summed E-state index contributed by atoms with van der Waals surface area (Å²) >= 11 is 3.39. The molecule has 0 atom stereocenters. The molecule has 0 saturated carbocycles. The van der Waals surface area contributed by atoms with E-state index in [2.05, 4.69) is 21.2 Å². The number of anilines is 1. The van der Waals surface area contributed by atoms with Gasteiger partial charge in [0.05, 0.1) is 4.92 Å². The molecule has 27 heavy (non-hydrogen) atoms. The van der Waals surface area contributed by atoms with Crippen molar-refractivity contribution in [1.29, 1.82) is 0 Å². The summed E-state index contributed by atoms with van der Waals surface area (Å²) < 4.78 is 0.862. The number of carbonyl (C=O) groups excluding carboxylic acids is 1. The van der Waals surface area contributed by atoms with Gasteiger partial charge in [0.15, 0.2) is 0 Å². The minimum absolute atomic E-state index is 0.00648. The van der Waals surface area contributed by atoms with Crippen LogP contribution in [-0.4, -0.2) is 10.8 Å². The maximum atomic E-state index is 12.9. The Morgan fingerprint density at radius 1 is 0.963 bits per heavy atom. The van der Waals surface area contributed by atoms with Crippen molar-refractivity contribution in [3.63, 3.8) is 0 Å². The molecule has 3 rings (SSSR count). The lowest BCUT2D eigenvalue weighted by molar-refractivity contribution is -0.384. The predicted octanol–water partition coefficient (Wildman–Crippen LogP) is 5.54. The van der Waals surface area contributed by atoms with Crippen molar-refractivity contribution in [2.75, 3.05) is 5.32 Å². The van der Waals surface area contributed by atoms with Crippen molar-refractivity contribution in [3.8, 4) is 0 Å². The molecule has 3 aromatic rings. The van der Waals surface area contributed by atoms with Crippen molar-refractivity contribution in [1.82, 2.24) is 0 Å². The van der Waals surface area contributed by atoms with E-state index in [-0.39, 0.29) is 11.6 Å². The first-order chi connectivity index (χ1) is 13.0. The average molecular weight is 423 g/mol. The minimum atomic E-state index is -0.453. The number of hydrogen-bond donors (Lipinski definition) is 1. The molecule has 0 spiro atoms. The molecule has 0 aliphatic rings. The fourth-order valence-electron chi connectivity index (χ4n) is 2.52. The maximum Gasteiger partial charge on any atom is 0.269 e. The minimum Gasteiger partial charge on any atom is -0.322 e. The van der Waals surface area contributed by atoms with Crippen molar-refractivity contribution in [3.05, 3.63) is 105 Å². The fraction of sp³-hybridized carbons (Fsp3) is 0. The van der Waals surface area contributed by atoms with Crippen molar-refractivity contribution in [2.24, 2.45) is 0 Å². The number of benzene rings is 3. The third kappa shape index (κ3) is 4.89. The smallest absolute Gasteiger partial charge is 0.269 e. The number of hydrogen-bond acceptors (Lipinski definition) is 3. The highest BCUT2D eigenvalue weighted by Crippen LogP contribution is 2.23. The first-order valence-corrected chi connectivity index (χ1v) is 8.91. The zero-order valence-electron chi connectivity index (χ0n) is 14.1. The zero-order chi connectivity index (χ0) is 19.2. The molecule has 0 saturated heterocycles. The largest absolute Gasteiger partial charge is 0.322 e. The van der Waals surface area contributed by atoms with E-state index in [0.717, 1.165) is 10.0 Å². The fourth-order valence-corrected chi connectivity index (χ4v) is 2.92. The molecule has 0 unspecified atom stereocenters. The number of non-ortho nitro benzene ring substituents is 1. The standard InChI is InChI=1S/C21H15BrN2O3/c22-17-7-4-8-18(14-17)23-21(25)20(16-5-2-1-3-6-16)13-15-9-11-19(12-10-15)24(26)27/h1-14H,(H,23,25)/b20-13+. The Hall–Kier alpha value is -3.25. The maximum absolute atomic E-state index is 12.9. The first-order valence-electron chi connectivity index (χ1n) is 8.11. The third-order valence-electron chi connectivity index (χ3n) is 3.83. The van der Waals surface area contributed by atoms with Gasteiger partial charge in [0.25, 0.3) is 11.6 Å². The summed E-state index contributed by atoms with van der Waals surface area (Å²) in [6.45, 7) is 0. The molecule has 0 aliphatic carbocycles. The predicted molar refractivity (Wildman–Crippen MR) is 110 cm³/mol. The summed E-state index contributed by atoms with van der Waals surface area (Å²) in [7, 11) is 0. The van der Waals surface area contributed by atoms with Gasteiger partial charge in [-0.15, -0.1) is 0 Å². The Balaban J connectivity index is 1.96. The van der Waals surface area contributed by atoms with E-state index in [0.29, 0.717) is 16.8 Å². The average Bonchev–Trinajstić information content (AvgIpc) is 2.67. The molecule has 0 fully saturated rings. The lowest BCUT2D eigenvalue weighted by atomic mass is 10.0. The molecule has 3 aromatic carbocycles. The highest BCUT2D eigenvalue weighted by Gasteiger charge is 2.13. The summed E-state index contributed by atoms with van der Waals surface area (Å²) in [6.07, 6.45) is 1.71. The van der Waals surface area contributed by atoms with E-state index < -0.39 is 4.92 Å². The van der Waals surface area contributed by atoms with E-state index in [1.165, 1.54) is 12.1 Å². The van der Waals surface area contributed by atoms with Crippen LogP contribution in [0.15, 0.2) is 83.3 Å². The van der Waals surface area contributed by atoms with E-state index >= 15 is 0 Å². The summed E-state index contributed by atoms with van der Waals surface area (Å²) in [6, 6.07) is 22.7. The molecule has 0 aliphatic heterocycles. The number of halogens is 1. The normalized spacial score (nSPS) is 11.1. The topological polar surface area (TPSA) is 72.2 Å². The molecule has 6 heteroatoms. The number of nitro groups is 1. The second kappa shape index (κ2) is 8.42. The van der Waals surface area contributed by atoms with Crippen molar-refractivity contribution >= 4 is 44.9 Å². The van der Waals surface area contributed by atoms with Crippen LogP contribution in [0, 0.1) is 10.1 Å². The number of carbonyl (C=O) groups is 1. The van der Waals surface area contributed by atoms with E-state index in [9.17, 15) is 14.9 Å². The van der Waals surface area contributed by atoms with Crippen LogP contribution < -0.4 is 5.32 Å². The monoisotopic (exact) mass is 422 g/mol. The van der Waals surface area contributed by atoms with E-state index in [4.69, 9.17) is 0 Å². The number of rotatable bonds is 5. The van der Waals surface area contributed by atoms with Crippen molar-refractivity contribution < 1.29 is 9.72 Å². The highest BCUT2D eigenvalue weighted by molar-refractivity contribution is 9.10. The van der Waals surface area contributed by atoms with Gasteiger partial charge in [-0.25, -0.2) is 0 Å². The number of nitrogens with zero attached hydrogens (tertiary/aromatic N) is 1. The Bertz CT molecular complexity index is 999. The molecule has 0 bridgehead atoms. The van der Waals surface area contributed by atoms with Gasteiger partial charge in [-0.05, 0) is 47.5 Å². The van der Waals surface area contributed by atoms with Crippen LogP contribution in [0.4, 0.5) is 11.4 Å². The molecule has 0 heterocycles. The second-order valence-electron chi connectivity index (χ2n) is 5.74. The quantitative estimate of drug-likeness (QED) is 0.254. The first kappa shape index (κ1) is 18.5. The lowest BCUT2D eigenvalue weighted by Gasteiger charge is -2.10. The van der Waals surface area contributed by atoms with Gasteiger partial charge >= 0.3 is 0 Å².